The Balaban J connectivity index is 1.60. The van der Waals surface area contributed by atoms with Gasteiger partial charge in [-0.3, -0.25) is 14.4 Å². The third-order valence-corrected chi connectivity index (χ3v) is 5.20. The van der Waals surface area contributed by atoms with Gasteiger partial charge in [0.2, 0.25) is 0 Å². The normalized spacial score (nSPS) is 18.8. The van der Waals surface area contributed by atoms with Gasteiger partial charge in [0.05, 0.1) is 23.4 Å². The molecule has 0 bridgehead atoms. The van der Waals surface area contributed by atoms with Crippen molar-refractivity contribution >= 4 is 23.4 Å². The number of carbonyl (C=O) groups is 3. The number of carbonyl (C=O) groups excluding carboxylic acids is 3. The summed E-state index contributed by atoms with van der Waals surface area (Å²) in [6.45, 7) is 6.42. The van der Waals surface area contributed by atoms with Crippen LogP contribution in [0.1, 0.15) is 44.9 Å². The number of nitrogens with one attached hydrogen (secondary N) is 1. The van der Waals surface area contributed by atoms with E-state index in [0.29, 0.717) is 42.3 Å². The summed E-state index contributed by atoms with van der Waals surface area (Å²) in [7, 11) is 0. The quantitative estimate of drug-likeness (QED) is 0.807. The summed E-state index contributed by atoms with van der Waals surface area (Å²) >= 11 is 0. The van der Waals surface area contributed by atoms with E-state index >= 15 is 0 Å². The fraction of sp³-hybridized carbons (Fsp3) is 0.318. The van der Waals surface area contributed by atoms with Crippen molar-refractivity contribution in [3.05, 3.63) is 59.2 Å². The number of rotatable bonds is 4. The number of ether oxygens (including phenoxy) is 1. The molecule has 3 amide bonds. The topological polar surface area (TPSA) is 79.0 Å². The molecule has 0 saturated carbocycles. The van der Waals surface area contributed by atoms with Gasteiger partial charge in [-0.05, 0) is 56.3 Å². The van der Waals surface area contributed by atoms with E-state index in [-0.39, 0.29) is 23.4 Å². The van der Waals surface area contributed by atoms with Crippen LogP contribution in [0.3, 0.4) is 0 Å². The molecular weight excluding hydrogens is 370 g/mol. The summed E-state index contributed by atoms with van der Waals surface area (Å²) in [5.41, 5.74) is 1.48. The number of piperazine rings is 1. The molecule has 1 fully saturated rings. The van der Waals surface area contributed by atoms with Crippen LogP contribution >= 0.6 is 0 Å². The van der Waals surface area contributed by atoms with E-state index in [2.05, 4.69) is 5.32 Å². The maximum absolute atomic E-state index is 13.0. The van der Waals surface area contributed by atoms with Crippen LogP contribution in [0.4, 0.5) is 5.69 Å². The molecule has 2 aromatic rings. The number of fused-ring (bicyclic) bond motifs is 1. The summed E-state index contributed by atoms with van der Waals surface area (Å²) < 4.78 is 5.41. The highest BCUT2D eigenvalue weighted by Crippen LogP contribution is 2.30. The number of hydrogen-bond donors (Lipinski definition) is 1. The Bertz CT molecular complexity index is 971. The number of anilines is 1. The maximum atomic E-state index is 13.0. The smallest absolute Gasteiger partial charge is 0.266 e. The van der Waals surface area contributed by atoms with Crippen molar-refractivity contribution < 1.29 is 19.1 Å². The van der Waals surface area contributed by atoms with E-state index < -0.39 is 5.91 Å². The molecule has 2 aliphatic heterocycles. The van der Waals surface area contributed by atoms with Crippen molar-refractivity contribution in [1.82, 2.24) is 10.2 Å². The summed E-state index contributed by atoms with van der Waals surface area (Å²) in [6, 6.07) is 11.8. The van der Waals surface area contributed by atoms with Crippen LogP contribution in [-0.2, 0) is 0 Å². The molecule has 0 radical (unpaired) electrons. The first-order valence-corrected chi connectivity index (χ1v) is 9.78. The lowest BCUT2D eigenvalue weighted by Crippen LogP contribution is -2.51. The Labute approximate surface area is 169 Å². The lowest BCUT2D eigenvalue weighted by Gasteiger charge is -2.32. The first-order chi connectivity index (χ1) is 14.0. The molecule has 7 nitrogen and oxygen atoms in total. The maximum Gasteiger partial charge on any atom is 0.266 e. The molecule has 1 atom stereocenters. The van der Waals surface area contributed by atoms with Crippen LogP contribution in [0.5, 0.6) is 5.75 Å². The van der Waals surface area contributed by atoms with Gasteiger partial charge in [0.15, 0.2) is 0 Å². The molecule has 0 aliphatic carbocycles. The Morgan fingerprint density at radius 1 is 1.10 bits per heavy atom. The molecular formula is C22H23N3O4. The van der Waals surface area contributed by atoms with E-state index in [1.165, 1.54) is 0 Å². The van der Waals surface area contributed by atoms with Crippen molar-refractivity contribution in [2.24, 2.45) is 0 Å². The van der Waals surface area contributed by atoms with Crippen molar-refractivity contribution in [2.45, 2.75) is 19.9 Å². The zero-order valence-corrected chi connectivity index (χ0v) is 16.5. The summed E-state index contributed by atoms with van der Waals surface area (Å²) in [5, 5.41) is 3.30. The van der Waals surface area contributed by atoms with Crippen LogP contribution < -0.4 is 15.0 Å². The monoisotopic (exact) mass is 393 g/mol. The molecule has 2 aromatic carbocycles. The predicted octanol–water partition coefficient (Wildman–Crippen LogP) is 2.32. The van der Waals surface area contributed by atoms with E-state index in [0.717, 1.165) is 11.4 Å². The molecule has 2 heterocycles. The Hall–Kier alpha value is -3.19. The second-order valence-corrected chi connectivity index (χ2v) is 7.24. The zero-order valence-electron chi connectivity index (χ0n) is 16.5. The molecule has 2 aliphatic rings. The van der Waals surface area contributed by atoms with Gasteiger partial charge in [0.1, 0.15) is 5.75 Å². The highest BCUT2D eigenvalue weighted by molar-refractivity contribution is 6.34. The molecule has 1 unspecified atom stereocenters. The number of amides is 3. The standard InChI is InChI=1S/C22H23N3O4/c1-3-29-17-7-5-16(6-8-17)25-21(27)18-9-4-15(12-19(18)22(25)28)20(26)24-11-10-23-14(2)13-24/h4-9,12,14,23H,3,10-11,13H2,1-2H3. The highest BCUT2D eigenvalue weighted by atomic mass is 16.5. The number of nitrogens with zero attached hydrogens (tertiary/aromatic N) is 2. The molecule has 4 rings (SSSR count). The van der Waals surface area contributed by atoms with Crippen molar-refractivity contribution in [2.75, 3.05) is 31.1 Å². The fourth-order valence-electron chi connectivity index (χ4n) is 3.77. The number of hydrogen-bond acceptors (Lipinski definition) is 5. The SMILES string of the molecule is CCOc1ccc(N2C(=O)c3ccc(C(=O)N4CCNC(C)C4)cc3C2=O)cc1. The van der Waals surface area contributed by atoms with Gasteiger partial charge in [0.25, 0.3) is 17.7 Å². The van der Waals surface area contributed by atoms with Gasteiger partial charge in [-0.25, -0.2) is 4.90 Å². The van der Waals surface area contributed by atoms with E-state index in [1.807, 2.05) is 13.8 Å². The van der Waals surface area contributed by atoms with Crippen molar-refractivity contribution in [3.8, 4) is 5.75 Å². The average Bonchev–Trinajstić information content (AvgIpc) is 2.98. The van der Waals surface area contributed by atoms with E-state index in [4.69, 9.17) is 4.74 Å². The van der Waals surface area contributed by atoms with Crippen LogP contribution in [0.25, 0.3) is 0 Å². The number of benzene rings is 2. The second kappa shape index (κ2) is 7.67. The minimum atomic E-state index is -0.419. The zero-order chi connectivity index (χ0) is 20.5. The van der Waals surface area contributed by atoms with Crippen LogP contribution in [0, 0.1) is 0 Å². The fourth-order valence-corrected chi connectivity index (χ4v) is 3.77. The molecule has 0 aromatic heterocycles. The van der Waals surface area contributed by atoms with Gasteiger partial charge in [-0.2, -0.15) is 0 Å². The van der Waals surface area contributed by atoms with Gasteiger partial charge in [-0.15, -0.1) is 0 Å². The first kappa shape index (κ1) is 19.1. The third kappa shape index (κ3) is 3.49. The van der Waals surface area contributed by atoms with E-state index in [9.17, 15) is 14.4 Å². The predicted molar refractivity (Wildman–Crippen MR) is 109 cm³/mol. The van der Waals surface area contributed by atoms with Gasteiger partial charge < -0.3 is 15.0 Å². The average molecular weight is 393 g/mol. The van der Waals surface area contributed by atoms with Gasteiger partial charge >= 0.3 is 0 Å². The highest BCUT2D eigenvalue weighted by Gasteiger charge is 2.37. The molecule has 1 saturated heterocycles. The van der Waals surface area contributed by atoms with Crippen molar-refractivity contribution in [1.29, 1.82) is 0 Å². The van der Waals surface area contributed by atoms with Crippen LogP contribution in [-0.4, -0.2) is 54.9 Å². The molecule has 1 N–H and O–H groups in total. The minimum Gasteiger partial charge on any atom is -0.494 e. The van der Waals surface area contributed by atoms with Crippen LogP contribution in [0.15, 0.2) is 42.5 Å². The Kier molecular flexibility index (Phi) is 5.07. The summed E-state index contributed by atoms with van der Waals surface area (Å²) in [4.78, 5) is 41.5. The summed E-state index contributed by atoms with van der Waals surface area (Å²) in [6.07, 6.45) is 0. The molecule has 29 heavy (non-hydrogen) atoms. The summed E-state index contributed by atoms with van der Waals surface area (Å²) in [5.74, 6) is -0.256. The molecule has 150 valence electrons. The number of imide groups is 1. The molecule has 7 heteroatoms. The minimum absolute atomic E-state index is 0.124. The van der Waals surface area contributed by atoms with Crippen molar-refractivity contribution in [3.63, 3.8) is 0 Å². The van der Waals surface area contributed by atoms with E-state index in [1.54, 1.807) is 47.4 Å². The lowest BCUT2D eigenvalue weighted by atomic mass is 10.0. The van der Waals surface area contributed by atoms with Gasteiger partial charge in [0, 0.05) is 31.2 Å². The van der Waals surface area contributed by atoms with Crippen LogP contribution in [0.2, 0.25) is 0 Å². The van der Waals surface area contributed by atoms with Gasteiger partial charge in [-0.1, -0.05) is 0 Å². The lowest BCUT2D eigenvalue weighted by molar-refractivity contribution is 0.0708. The Morgan fingerprint density at radius 3 is 2.52 bits per heavy atom. The largest absolute Gasteiger partial charge is 0.494 e. The second-order valence-electron chi connectivity index (χ2n) is 7.24. The first-order valence-electron chi connectivity index (χ1n) is 9.78. The molecule has 0 spiro atoms. The third-order valence-electron chi connectivity index (χ3n) is 5.20. The Morgan fingerprint density at radius 2 is 1.83 bits per heavy atom.